The van der Waals surface area contributed by atoms with Gasteiger partial charge < -0.3 is 10.2 Å². The highest BCUT2D eigenvalue weighted by Gasteiger charge is 2.33. The highest BCUT2D eigenvalue weighted by Crippen LogP contribution is 2.28. The van der Waals surface area contributed by atoms with Crippen LogP contribution in [-0.4, -0.2) is 50.0 Å². The molecule has 0 spiro atoms. The lowest BCUT2D eigenvalue weighted by molar-refractivity contribution is -0.140. The SMILES string of the molecule is Cc1cccc(CN(C(=O)CN(c2ccccc2Br)S(C)(=O)=O)[C@H](Cc2ccccc2)C(=O)NC(C)C)c1. The fraction of sp³-hybridized carbons (Fsp3) is 0.310. The van der Waals surface area contributed by atoms with Crippen LogP contribution in [-0.2, 0) is 32.6 Å². The van der Waals surface area contributed by atoms with Gasteiger partial charge in [0, 0.05) is 23.5 Å². The molecule has 2 amide bonds. The summed E-state index contributed by atoms with van der Waals surface area (Å²) in [4.78, 5) is 29.0. The highest BCUT2D eigenvalue weighted by molar-refractivity contribution is 9.10. The van der Waals surface area contributed by atoms with Gasteiger partial charge in [0.2, 0.25) is 21.8 Å². The van der Waals surface area contributed by atoms with Crippen molar-refractivity contribution >= 4 is 43.5 Å². The van der Waals surface area contributed by atoms with Gasteiger partial charge in [-0.15, -0.1) is 0 Å². The second kappa shape index (κ2) is 13.1. The smallest absolute Gasteiger partial charge is 0.244 e. The fourth-order valence-corrected chi connectivity index (χ4v) is 5.67. The molecule has 3 aromatic carbocycles. The number of rotatable bonds is 11. The van der Waals surface area contributed by atoms with Crippen molar-refractivity contribution in [1.82, 2.24) is 10.2 Å². The van der Waals surface area contributed by atoms with Gasteiger partial charge in [-0.05, 0) is 60.0 Å². The molecule has 1 atom stereocenters. The van der Waals surface area contributed by atoms with E-state index in [1.54, 1.807) is 24.3 Å². The highest BCUT2D eigenvalue weighted by atomic mass is 79.9. The van der Waals surface area contributed by atoms with Crippen molar-refractivity contribution in [3.63, 3.8) is 0 Å². The number of para-hydroxylation sites is 1. The minimum atomic E-state index is -3.82. The first-order valence-corrected chi connectivity index (χ1v) is 15.0. The number of anilines is 1. The first kappa shape index (κ1) is 29.4. The third-order valence-electron chi connectivity index (χ3n) is 5.94. The maximum Gasteiger partial charge on any atom is 0.244 e. The third-order valence-corrected chi connectivity index (χ3v) is 7.73. The average molecular weight is 601 g/mol. The molecule has 0 saturated heterocycles. The van der Waals surface area contributed by atoms with Crippen molar-refractivity contribution in [2.24, 2.45) is 0 Å². The molecule has 0 unspecified atom stereocenters. The van der Waals surface area contributed by atoms with Crippen LogP contribution in [0.5, 0.6) is 0 Å². The molecule has 38 heavy (non-hydrogen) atoms. The van der Waals surface area contributed by atoms with Crippen molar-refractivity contribution in [1.29, 1.82) is 0 Å². The average Bonchev–Trinajstić information content (AvgIpc) is 2.84. The summed E-state index contributed by atoms with van der Waals surface area (Å²) in [5.41, 5.74) is 3.11. The molecule has 1 N–H and O–H groups in total. The molecular weight excluding hydrogens is 566 g/mol. The Balaban J connectivity index is 2.07. The Morgan fingerprint density at radius 1 is 0.921 bits per heavy atom. The lowest BCUT2D eigenvalue weighted by Crippen LogP contribution is -2.54. The zero-order chi connectivity index (χ0) is 27.9. The van der Waals surface area contributed by atoms with Crippen molar-refractivity contribution in [2.45, 2.75) is 45.8 Å². The predicted molar refractivity (Wildman–Crippen MR) is 155 cm³/mol. The topological polar surface area (TPSA) is 86.8 Å². The van der Waals surface area contributed by atoms with Crippen LogP contribution < -0.4 is 9.62 Å². The minimum absolute atomic E-state index is 0.135. The Hall–Kier alpha value is -3.17. The van der Waals surface area contributed by atoms with Gasteiger partial charge in [-0.1, -0.05) is 72.3 Å². The van der Waals surface area contributed by atoms with Crippen LogP contribution in [0.4, 0.5) is 5.69 Å². The lowest BCUT2D eigenvalue weighted by Gasteiger charge is -2.34. The number of nitrogens with one attached hydrogen (secondary N) is 1. The molecule has 0 saturated carbocycles. The Kier molecular flexibility index (Phi) is 10.1. The second-order valence-corrected chi connectivity index (χ2v) is 12.4. The van der Waals surface area contributed by atoms with Crippen molar-refractivity contribution in [2.75, 3.05) is 17.1 Å². The molecule has 0 heterocycles. The molecule has 0 bridgehead atoms. The van der Waals surface area contributed by atoms with E-state index in [0.29, 0.717) is 10.2 Å². The standard InChI is InChI=1S/C29H34BrN3O4S/c1-21(2)31-29(35)27(18-23-12-6-5-7-13-23)32(19-24-14-10-11-22(3)17-24)28(34)20-33(38(4,36)37)26-16-9-8-15-25(26)30/h5-17,21,27H,18-20H2,1-4H3,(H,31,35)/t27-/m1/s1. The van der Waals surface area contributed by atoms with Gasteiger partial charge in [0.05, 0.1) is 11.9 Å². The Labute approximate surface area is 234 Å². The second-order valence-electron chi connectivity index (χ2n) is 9.60. The zero-order valence-electron chi connectivity index (χ0n) is 22.1. The van der Waals surface area contributed by atoms with Crippen LogP contribution in [0.15, 0.2) is 83.3 Å². The van der Waals surface area contributed by atoms with E-state index in [1.165, 1.54) is 4.90 Å². The summed E-state index contributed by atoms with van der Waals surface area (Å²) in [6.07, 6.45) is 1.35. The first-order valence-electron chi connectivity index (χ1n) is 12.4. The van der Waals surface area contributed by atoms with E-state index < -0.39 is 28.5 Å². The van der Waals surface area contributed by atoms with Gasteiger partial charge in [-0.25, -0.2) is 8.42 Å². The normalized spacial score (nSPS) is 12.2. The largest absolute Gasteiger partial charge is 0.352 e. The number of hydrogen-bond donors (Lipinski definition) is 1. The van der Waals surface area contributed by atoms with Crippen molar-refractivity contribution < 1.29 is 18.0 Å². The number of halogens is 1. The molecular formula is C29H34BrN3O4S. The Bertz CT molecular complexity index is 1360. The number of aryl methyl sites for hydroxylation is 1. The summed E-state index contributed by atoms with van der Waals surface area (Å²) >= 11 is 3.41. The molecule has 0 radical (unpaired) electrons. The van der Waals surface area contributed by atoms with Crippen molar-refractivity contribution in [3.05, 3.63) is 100 Å². The van der Waals surface area contributed by atoms with E-state index in [9.17, 15) is 18.0 Å². The van der Waals surface area contributed by atoms with Gasteiger partial charge in [0.25, 0.3) is 0 Å². The molecule has 0 aliphatic heterocycles. The van der Waals surface area contributed by atoms with Crippen LogP contribution in [0.1, 0.15) is 30.5 Å². The van der Waals surface area contributed by atoms with E-state index in [2.05, 4.69) is 21.2 Å². The van der Waals surface area contributed by atoms with E-state index >= 15 is 0 Å². The predicted octanol–water partition coefficient (Wildman–Crippen LogP) is 4.69. The molecule has 7 nitrogen and oxygen atoms in total. The molecule has 3 rings (SSSR count). The molecule has 0 aliphatic carbocycles. The molecule has 202 valence electrons. The molecule has 0 aliphatic rings. The maximum absolute atomic E-state index is 14.0. The van der Waals surface area contributed by atoms with E-state index in [-0.39, 0.29) is 24.9 Å². The van der Waals surface area contributed by atoms with Crippen LogP contribution in [0.2, 0.25) is 0 Å². The van der Waals surface area contributed by atoms with Crippen LogP contribution in [0, 0.1) is 6.92 Å². The van der Waals surface area contributed by atoms with Gasteiger partial charge in [-0.2, -0.15) is 0 Å². The number of carbonyl (C=O) groups is 2. The van der Waals surface area contributed by atoms with Gasteiger partial charge >= 0.3 is 0 Å². The van der Waals surface area contributed by atoms with Crippen LogP contribution in [0.3, 0.4) is 0 Å². The number of hydrogen-bond acceptors (Lipinski definition) is 4. The van der Waals surface area contributed by atoms with Gasteiger partial charge in [-0.3, -0.25) is 13.9 Å². The van der Waals surface area contributed by atoms with E-state index in [0.717, 1.165) is 27.3 Å². The first-order chi connectivity index (χ1) is 18.0. The summed E-state index contributed by atoms with van der Waals surface area (Å²) in [5.74, 6) is -0.774. The Morgan fingerprint density at radius 3 is 2.16 bits per heavy atom. The van der Waals surface area contributed by atoms with Crippen molar-refractivity contribution in [3.8, 4) is 0 Å². The van der Waals surface area contributed by atoms with E-state index in [1.807, 2.05) is 75.4 Å². The van der Waals surface area contributed by atoms with Gasteiger partial charge in [0.15, 0.2) is 0 Å². The summed E-state index contributed by atoms with van der Waals surface area (Å²) in [5, 5.41) is 2.95. The summed E-state index contributed by atoms with van der Waals surface area (Å²) < 4.78 is 27.3. The molecule has 9 heteroatoms. The monoisotopic (exact) mass is 599 g/mol. The number of amides is 2. The van der Waals surface area contributed by atoms with Crippen LogP contribution in [0.25, 0.3) is 0 Å². The number of carbonyl (C=O) groups excluding carboxylic acids is 2. The number of benzene rings is 3. The summed E-state index contributed by atoms with van der Waals surface area (Å²) in [6.45, 7) is 5.39. The molecule has 0 aromatic heterocycles. The third kappa shape index (κ3) is 8.16. The fourth-order valence-electron chi connectivity index (χ4n) is 4.19. The lowest BCUT2D eigenvalue weighted by atomic mass is 10.0. The summed E-state index contributed by atoms with van der Waals surface area (Å²) in [6, 6.07) is 23.1. The molecule has 0 fully saturated rings. The quantitative estimate of drug-likeness (QED) is 0.346. The molecule has 3 aromatic rings. The van der Waals surface area contributed by atoms with E-state index in [4.69, 9.17) is 0 Å². The minimum Gasteiger partial charge on any atom is -0.352 e. The summed E-state index contributed by atoms with van der Waals surface area (Å²) in [7, 11) is -3.82. The maximum atomic E-state index is 14.0. The number of sulfonamides is 1. The van der Waals surface area contributed by atoms with Gasteiger partial charge in [0.1, 0.15) is 12.6 Å². The Morgan fingerprint density at radius 2 is 1.55 bits per heavy atom. The zero-order valence-corrected chi connectivity index (χ0v) is 24.5. The van der Waals surface area contributed by atoms with Crippen LogP contribution >= 0.6 is 15.9 Å². The number of nitrogens with zero attached hydrogens (tertiary/aromatic N) is 2.